The number of likely N-dealkylation sites (tertiary alicyclic amines) is 1. The van der Waals surface area contributed by atoms with Gasteiger partial charge >= 0.3 is 0 Å². The Balaban J connectivity index is 2.00. The van der Waals surface area contributed by atoms with E-state index in [1.54, 1.807) is 6.07 Å². The molecule has 0 saturated carbocycles. The van der Waals surface area contributed by atoms with Crippen LogP contribution in [0, 0.1) is 5.92 Å². The molecule has 0 atom stereocenters. The molecule has 2 rings (SSSR count). The molecule has 1 amide bonds. The fourth-order valence-corrected chi connectivity index (χ4v) is 3.07. The average Bonchev–Trinajstić information content (AvgIpc) is 2.43. The van der Waals surface area contributed by atoms with E-state index in [1.807, 2.05) is 24.1 Å². The number of nitrogens with two attached hydrogens (primary N) is 1. The van der Waals surface area contributed by atoms with Gasteiger partial charge in [-0.15, -0.1) is 0 Å². The van der Waals surface area contributed by atoms with Gasteiger partial charge in [0.15, 0.2) is 0 Å². The van der Waals surface area contributed by atoms with Gasteiger partial charge in [-0.2, -0.15) is 0 Å². The monoisotopic (exact) mass is 339 g/mol. The highest BCUT2D eigenvalue weighted by Crippen LogP contribution is 2.25. The van der Waals surface area contributed by atoms with Gasteiger partial charge < -0.3 is 15.5 Å². The Morgan fingerprint density at radius 1 is 1.45 bits per heavy atom. The van der Waals surface area contributed by atoms with Crippen LogP contribution in [0.1, 0.15) is 23.2 Å². The van der Waals surface area contributed by atoms with Crippen molar-refractivity contribution in [1.29, 1.82) is 0 Å². The Hall–Kier alpha value is -1.07. The van der Waals surface area contributed by atoms with Crippen LogP contribution in [0.15, 0.2) is 22.7 Å². The molecular formula is C15H22BrN3O. The first-order valence-corrected chi connectivity index (χ1v) is 7.76. The third kappa shape index (κ3) is 3.52. The maximum absolute atomic E-state index is 12.5. The van der Waals surface area contributed by atoms with Crippen LogP contribution < -0.4 is 5.73 Å². The zero-order valence-electron chi connectivity index (χ0n) is 12.1. The van der Waals surface area contributed by atoms with Gasteiger partial charge in [0.05, 0.1) is 10.0 Å². The zero-order valence-corrected chi connectivity index (χ0v) is 13.7. The maximum atomic E-state index is 12.5. The van der Waals surface area contributed by atoms with Crippen molar-refractivity contribution in [1.82, 2.24) is 9.80 Å². The zero-order chi connectivity index (χ0) is 14.7. The SMILES string of the molecule is CN1CCC(CN(C)C(=O)c2cccc(N)c2Br)CC1. The fourth-order valence-electron chi connectivity index (χ4n) is 2.64. The first-order valence-electron chi connectivity index (χ1n) is 6.97. The summed E-state index contributed by atoms with van der Waals surface area (Å²) >= 11 is 3.40. The Morgan fingerprint density at radius 3 is 2.75 bits per heavy atom. The molecule has 1 aliphatic heterocycles. The van der Waals surface area contributed by atoms with E-state index >= 15 is 0 Å². The van der Waals surface area contributed by atoms with Gasteiger partial charge in [0.2, 0.25) is 0 Å². The number of nitrogen functional groups attached to an aromatic ring is 1. The molecule has 1 heterocycles. The quantitative estimate of drug-likeness (QED) is 0.860. The molecule has 20 heavy (non-hydrogen) atoms. The van der Waals surface area contributed by atoms with Crippen LogP contribution in [-0.4, -0.2) is 49.4 Å². The van der Waals surface area contributed by atoms with Gasteiger partial charge in [-0.1, -0.05) is 6.07 Å². The van der Waals surface area contributed by atoms with Crippen molar-refractivity contribution in [3.8, 4) is 0 Å². The van der Waals surface area contributed by atoms with Crippen LogP contribution >= 0.6 is 15.9 Å². The smallest absolute Gasteiger partial charge is 0.254 e. The van der Waals surface area contributed by atoms with E-state index in [2.05, 4.69) is 27.9 Å². The Kier molecular flexibility index (Phi) is 5.05. The Bertz CT molecular complexity index is 484. The number of halogens is 1. The summed E-state index contributed by atoms with van der Waals surface area (Å²) in [6, 6.07) is 5.42. The van der Waals surface area contributed by atoms with Crippen molar-refractivity contribution in [2.24, 2.45) is 5.92 Å². The van der Waals surface area contributed by atoms with E-state index < -0.39 is 0 Å². The largest absolute Gasteiger partial charge is 0.398 e. The molecule has 0 aliphatic carbocycles. The molecule has 1 aromatic rings. The number of carbonyl (C=O) groups is 1. The third-order valence-electron chi connectivity index (χ3n) is 3.98. The van der Waals surface area contributed by atoms with Crippen LogP contribution in [-0.2, 0) is 0 Å². The maximum Gasteiger partial charge on any atom is 0.254 e. The second-order valence-corrected chi connectivity index (χ2v) is 6.43. The number of piperidine rings is 1. The van der Waals surface area contributed by atoms with Crippen molar-refractivity contribution in [2.45, 2.75) is 12.8 Å². The predicted octanol–water partition coefficient (Wildman–Crippen LogP) is 2.45. The first kappa shape index (κ1) is 15.3. The molecule has 1 fully saturated rings. The summed E-state index contributed by atoms with van der Waals surface area (Å²) in [5, 5.41) is 0. The second kappa shape index (κ2) is 6.59. The van der Waals surface area contributed by atoms with Crippen molar-refractivity contribution in [2.75, 3.05) is 39.5 Å². The van der Waals surface area contributed by atoms with E-state index in [4.69, 9.17) is 5.73 Å². The molecular weight excluding hydrogens is 318 g/mol. The third-order valence-corrected chi connectivity index (χ3v) is 4.86. The van der Waals surface area contributed by atoms with Gasteiger partial charge in [0, 0.05) is 19.3 Å². The van der Waals surface area contributed by atoms with Crippen molar-refractivity contribution < 1.29 is 4.79 Å². The minimum atomic E-state index is 0.0307. The molecule has 2 N–H and O–H groups in total. The summed E-state index contributed by atoms with van der Waals surface area (Å²) in [6.07, 6.45) is 2.32. The number of amides is 1. The summed E-state index contributed by atoms with van der Waals surface area (Å²) in [6.45, 7) is 3.05. The van der Waals surface area contributed by atoms with Gasteiger partial charge in [0.25, 0.3) is 5.91 Å². The van der Waals surface area contributed by atoms with Crippen LogP contribution in [0.25, 0.3) is 0 Å². The average molecular weight is 340 g/mol. The molecule has 0 aromatic heterocycles. The lowest BCUT2D eigenvalue weighted by atomic mass is 9.96. The molecule has 0 unspecified atom stereocenters. The number of hydrogen-bond donors (Lipinski definition) is 1. The molecule has 0 radical (unpaired) electrons. The summed E-state index contributed by atoms with van der Waals surface area (Å²) in [5.41, 5.74) is 7.07. The molecule has 1 saturated heterocycles. The standard InChI is InChI=1S/C15H22BrN3O/c1-18-8-6-11(7-9-18)10-19(2)15(20)12-4-3-5-13(17)14(12)16/h3-5,11H,6-10,17H2,1-2H3. The van der Waals surface area contributed by atoms with Crippen LogP contribution in [0.5, 0.6) is 0 Å². The van der Waals surface area contributed by atoms with Gasteiger partial charge in [-0.25, -0.2) is 0 Å². The Morgan fingerprint density at radius 2 is 2.10 bits per heavy atom. The molecule has 0 bridgehead atoms. The molecule has 1 aromatic carbocycles. The van der Waals surface area contributed by atoms with E-state index in [9.17, 15) is 4.79 Å². The van der Waals surface area contributed by atoms with Crippen LogP contribution in [0.3, 0.4) is 0 Å². The minimum Gasteiger partial charge on any atom is -0.398 e. The molecule has 4 nitrogen and oxygen atoms in total. The lowest BCUT2D eigenvalue weighted by Crippen LogP contribution is -2.38. The predicted molar refractivity (Wildman–Crippen MR) is 85.7 cm³/mol. The van der Waals surface area contributed by atoms with Gasteiger partial charge in [-0.05, 0) is 67.0 Å². The van der Waals surface area contributed by atoms with Crippen molar-refractivity contribution in [3.05, 3.63) is 28.2 Å². The summed E-state index contributed by atoms with van der Waals surface area (Å²) in [4.78, 5) is 16.6. The molecule has 1 aliphatic rings. The second-order valence-electron chi connectivity index (χ2n) is 5.64. The van der Waals surface area contributed by atoms with E-state index in [-0.39, 0.29) is 5.91 Å². The first-order chi connectivity index (χ1) is 9.49. The lowest BCUT2D eigenvalue weighted by molar-refractivity contribution is 0.0746. The van der Waals surface area contributed by atoms with E-state index in [0.29, 0.717) is 21.6 Å². The number of benzene rings is 1. The minimum absolute atomic E-state index is 0.0307. The number of hydrogen-bond acceptors (Lipinski definition) is 3. The Labute approximate surface area is 129 Å². The number of nitrogens with zero attached hydrogens (tertiary/aromatic N) is 2. The normalized spacial score (nSPS) is 17.1. The summed E-state index contributed by atoms with van der Waals surface area (Å²) in [5.74, 6) is 0.628. The number of anilines is 1. The fraction of sp³-hybridized carbons (Fsp3) is 0.533. The molecule has 110 valence electrons. The van der Waals surface area contributed by atoms with Gasteiger partial charge in [-0.3, -0.25) is 4.79 Å². The van der Waals surface area contributed by atoms with Crippen molar-refractivity contribution >= 4 is 27.5 Å². The molecule has 5 heteroatoms. The lowest BCUT2D eigenvalue weighted by Gasteiger charge is -2.31. The molecule has 0 spiro atoms. The number of carbonyl (C=O) groups excluding carboxylic acids is 1. The van der Waals surface area contributed by atoms with Crippen molar-refractivity contribution in [3.63, 3.8) is 0 Å². The highest BCUT2D eigenvalue weighted by molar-refractivity contribution is 9.10. The van der Waals surface area contributed by atoms with E-state index in [0.717, 1.165) is 32.5 Å². The highest BCUT2D eigenvalue weighted by atomic mass is 79.9. The van der Waals surface area contributed by atoms with Gasteiger partial charge in [0.1, 0.15) is 0 Å². The van der Waals surface area contributed by atoms with E-state index in [1.165, 1.54) is 0 Å². The highest BCUT2D eigenvalue weighted by Gasteiger charge is 2.22. The van der Waals surface area contributed by atoms with Crippen LogP contribution in [0.2, 0.25) is 0 Å². The number of rotatable bonds is 3. The summed E-state index contributed by atoms with van der Waals surface area (Å²) in [7, 11) is 4.02. The van der Waals surface area contributed by atoms with Crippen LogP contribution in [0.4, 0.5) is 5.69 Å². The summed E-state index contributed by atoms with van der Waals surface area (Å²) < 4.78 is 0.695. The topological polar surface area (TPSA) is 49.6 Å².